The molecule has 0 N–H and O–H groups in total. The number of para-hydroxylation sites is 1. The normalized spacial score (nSPS) is 10.7. The van der Waals surface area contributed by atoms with E-state index in [1.165, 1.54) is 0 Å². The van der Waals surface area contributed by atoms with Gasteiger partial charge in [-0.15, -0.1) is 0 Å². The van der Waals surface area contributed by atoms with Crippen LogP contribution in [0.5, 0.6) is 5.75 Å². The quantitative estimate of drug-likeness (QED) is 0.655. The highest BCUT2D eigenvalue weighted by atomic mass is 16.5. The van der Waals surface area contributed by atoms with Gasteiger partial charge in [0.05, 0.1) is 5.69 Å². The van der Waals surface area contributed by atoms with Crippen molar-refractivity contribution in [3.8, 4) is 5.75 Å². The van der Waals surface area contributed by atoms with Crippen LogP contribution in [0.4, 0.5) is 0 Å². The summed E-state index contributed by atoms with van der Waals surface area (Å²) in [6.45, 7) is 5.55. The fourth-order valence-electron chi connectivity index (χ4n) is 2.60. The maximum Gasteiger partial charge on any atom is 0.274 e. The molecule has 0 fully saturated rings. The van der Waals surface area contributed by atoms with Gasteiger partial charge in [0.1, 0.15) is 5.75 Å². The molecule has 7 nitrogen and oxygen atoms in total. The van der Waals surface area contributed by atoms with Crippen molar-refractivity contribution in [2.24, 2.45) is 0 Å². The summed E-state index contributed by atoms with van der Waals surface area (Å²) in [6.07, 6.45) is 3.72. The van der Waals surface area contributed by atoms with E-state index in [1.54, 1.807) is 28.9 Å². The number of hydrogen-bond acceptors (Lipinski definition) is 4. The average Bonchev–Trinajstić information content (AvgIpc) is 3.27. The van der Waals surface area contributed by atoms with Crippen LogP contribution in [-0.4, -0.2) is 37.4 Å². The second-order valence-corrected chi connectivity index (χ2v) is 6.08. The molecule has 0 unspecified atom stereocenters. The number of aryl methyl sites for hydroxylation is 2. The molecule has 1 aromatic carbocycles. The van der Waals surface area contributed by atoms with Crippen LogP contribution < -0.4 is 4.74 Å². The second-order valence-electron chi connectivity index (χ2n) is 6.08. The first-order valence-corrected chi connectivity index (χ1v) is 8.56. The second kappa shape index (κ2) is 7.86. The van der Waals surface area contributed by atoms with Crippen molar-refractivity contribution in [2.45, 2.75) is 33.7 Å². The maximum atomic E-state index is 12.6. The molecule has 3 rings (SSSR count). The molecule has 2 aromatic heterocycles. The number of rotatable bonds is 7. The summed E-state index contributed by atoms with van der Waals surface area (Å²) in [5.74, 6) is 0.628. The van der Waals surface area contributed by atoms with E-state index in [4.69, 9.17) is 4.74 Å². The van der Waals surface area contributed by atoms with Gasteiger partial charge in [0.25, 0.3) is 5.91 Å². The van der Waals surface area contributed by atoms with E-state index >= 15 is 0 Å². The third-order valence-electron chi connectivity index (χ3n) is 4.09. The molecule has 0 spiro atoms. The van der Waals surface area contributed by atoms with E-state index in [2.05, 4.69) is 10.2 Å². The molecule has 7 heteroatoms. The lowest BCUT2D eigenvalue weighted by Crippen LogP contribution is -2.27. The predicted molar refractivity (Wildman–Crippen MR) is 97.7 cm³/mol. The Morgan fingerprint density at radius 3 is 2.62 bits per heavy atom. The number of benzene rings is 1. The lowest BCUT2D eigenvalue weighted by molar-refractivity contribution is 0.0777. The van der Waals surface area contributed by atoms with Crippen molar-refractivity contribution < 1.29 is 9.53 Å². The zero-order valence-corrected chi connectivity index (χ0v) is 15.3. The van der Waals surface area contributed by atoms with Gasteiger partial charge >= 0.3 is 0 Å². The van der Waals surface area contributed by atoms with Crippen LogP contribution in [0.2, 0.25) is 0 Å². The molecular weight excluding hydrogens is 330 g/mol. The van der Waals surface area contributed by atoms with Crippen LogP contribution in [0.25, 0.3) is 0 Å². The summed E-state index contributed by atoms with van der Waals surface area (Å²) >= 11 is 0. The van der Waals surface area contributed by atoms with Gasteiger partial charge in [-0.3, -0.25) is 9.48 Å². The Morgan fingerprint density at radius 2 is 1.92 bits per heavy atom. The van der Waals surface area contributed by atoms with Crippen LogP contribution >= 0.6 is 0 Å². The first kappa shape index (κ1) is 17.7. The Hall–Kier alpha value is -3.09. The summed E-state index contributed by atoms with van der Waals surface area (Å²) < 4.78 is 9.12. The first-order chi connectivity index (χ1) is 12.6. The largest absolute Gasteiger partial charge is 0.471 e. The lowest BCUT2D eigenvalue weighted by Gasteiger charge is -2.15. The van der Waals surface area contributed by atoms with Crippen molar-refractivity contribution in [1.29, 1.82) is 0 Å². The van der Waals surface area contributed by atoms with Crippen LogP contribution in [0, 0.1) is 6.92 Å². The van der Waals surface area contributed by atoms with Gasteiger partial charge in [0.2, 0.25) is 0 Å². The highest BCUT2D eigenvalue weighted by Gasteiger charge is 2.17. The molecule has 0 saturated heterocycles. The molecule has 0 atom stereocenters. The van der Waals surface area contributed by atoms with Gasteiger partial charge < -0.3 is 9.64 Å². The predicted octanol–water partition coefficient (Wildman–Crippen LogP) is 2.72. The van der Waals surface area contributed by atoms with Crippen molar-refractivity contribution in [3.05, 3.63) is 65.7 Å². The molecule has 0 aliphatic heterocycles. The van der Waals surface area contributed by atoms with Crippen LogP contribution in [0.1, 0.15) is 28.7 Å². The van der Waals surface area contributed by atoms with Crippen LogP contribution in [-0.2, 0) is 19.8 Å². The van der Waals surface area contributed by atoms with E-state index < -0.39 is 0 Å². The van der Waals surface area contributed by atoms with E-state index in [9.17, 15) is 4.79 Å². The molecule has 1 amide bonds. The van der Waals surface area contributed by atoms with Crippen molar-refractivity contribution in [2.75, 3.05) is 7.05 Å². The number of nitrogens with zero attached hydrogens (tertiary/aromatic N) is 5. The van der Waals surface area contributed by atoms with E-state index in [0.717, 1.165) is 23.6 Å². The van der Waals surface area contributed by atoms with E-state index in [1.807, 2.05) is 55.1 Å². The van der Waals surface area contributed by atoms with Gasteiger partial charge in [-0.05, 0) is 32.0 Å². The molecule has 136 valence electrons. The molecule has 0 radical (unpaired) electrons. The molecule has 2 heterocycles. The number of hydrogen-bond donors (Lipinski definition) is 0. The fourth-order valence-corrected chi connectivity index (χ4v) is 2.60. The molecule has 0 aliphatic carbocycles. The van der Waals surface area contributed by atoms with Crippen molar-refractivity contribution >= 4 is 5.91 Å². The zero-order chi connectivity index (χ0) is 18.5. The number of ether oxygens (including phenoxy) is 1. The van der Waals surface area contributed by atoms with Gasteiger partial charge in [-0.25, -0.2) is 4.68 Å². The average molecular weight is 353 g/mol. The Balaban J connectivity index is 1.60. The molecule has 0 saturated carbocycles. The van der Waals surface area contributed by atoms with Crippen LogP contribution in [0.15, 0.2) is 48.8 Å². The Kier molecular flexibility index (Phi) is 5.36. The summed E-state index contributed by atoms with van der Waals surface area (Å²) in [5.41, 5.74) is 2.37. The first-order valence-electron chi connectivity index (χ1n) is 8.56. The fraction of sp³-hybridized carbons (Fsp3) is 0.316. The minimum Gasteiger partial charge on any atom is -0.471 e. The zero-order valence-electron chi connectivity index (χ0n) is 15.3. The Bertz CT molecular complexity index is 869. The van der Waals surface area contributed by atoms with E-state index in [0.29, 0.717) is 12.2 Å². The van der Waals surface area contributed by atoms with Gasteiger partial charge in [0.15, 0.2) is 12.4 Å². The monoisotopic (exact) mass is 353 g/mol. The lowest BCUT2D eigenvalue weighted by atomic mass is 10.2. The third kappa shape index (κ3) is 4.11. The standard InChI is InChI=1S/C19H23N5O2/c1-4-23-13-16(15(2)20-23)12-22(3)19(25)18-10-11-24(21-18)14-26-17-8-6-5-7-9-17/h5-11,13H,4,12,14H2,1-3H3. The van der Waals surface area contributed by atoms with Gasteiger partial charge in [-0.2, -0.15) is 10.2 Å². The van der Waals surface area contributed by atoms with Crippen molar-refractivity contribution in [1.82, 2.24) is 24.5 Å². The molecule has 0 aliphatic rings. The highest BCUT2D eigenvalue weighted by Crippen LogP contribution is 2.12. The summed E-state index contributed by atoms with van der Waals surface area (Å²) in [5, 5.41) is 8.73. The molecule has 26 heavy (non-hydrogen) atoms. The van der Waals surface area contributed by atoms with Crippen molar-refractivity contribution in [3.63, 3.8) is 0 Å². The molecule has 0 bridgehead atoms. The number of aromatic nitrogens is 4. The van der Waals surface area contributed by atoms with Gasteiger partial charge in [0, 0.05) is 38.1 Å². The number of amides is 1. The Labute approximate surface area is 152 Å². The topological polar surface area (TPSA) is 65.2 Å². The number of carbonyl (C=O) groups excluding carboxylic acids is 1. The minimum absolute atomic E-state index is 0.132. The summed E-state index contributed by atoms with van der Waals surface area (Å²) in [7, 11) is 1.77. The summed E-state index contributed by atoms with van der Waals surface area (Å²) in [4.78, 5) is 14.3. The Morgan fingerprint density at radius 1 is 1.15 bits per heavy atom. The minimum atomic E-state index is -0.132. The van der Waals surface area contributed by atoms with Gasteiger partial charge in [-0.1, -0.05) is 18.2 Å². The van der Waals surface area contributed by atoms with E-state index in [-0.39, 0.29) is 12.6 Å². The SMILES string of the molecule is CCn1cc(CN(C)C(=O)c2ccn(COc3ccccc3)n2)c(C)n1. The summed E-state index contributed by atoms with van der Waals surface area (Å²) in [6, 6.07) is 11.2. The number of carbonyl (C=O) groups is 1. The third-order valence-corrected chi connectivity index (χ3v) is 4.09. The smallest absolute Gasteiger partial charge is 0.274 e. The van der Waals surface area contributed by atoms with Crippen LogP contribution in [0.3, 0.4) is 0 Å². The molecule has 3 aromatic rings. The molecular formula is C19H23N5O2. The maximum absolute atomic E-state index is 12.6. The highest BCUT2D eigenvalue weighted by molar-refractivity contribution is 5.91.